The summed E-state index contributed by atoms with van der Waals surface area (Å²) < 4.78 is 19.6. The van der Waals surface area contributed by atoms with E-state index in [1.807, 2.05) is 39.0 Å². The van der Waals surface area contributed by atoms with Gasteiger partial charge in [0.2, 0.25) is 5.91 Å². The second-order valence-corrected chi connectivity index (χ2v) is 6.27. The van der Waals surface area contributed by atoms with Gasteiger partial charge >= 0.3 is 0 Å². The molecule has 0 aliphatic carbocycles. The number of carbonyl (C=O) groups excluding carboxylic acids is 1. The maximum absolute atomic E-state index is 13.6. The van der Waals surface area contributed by atoms with Crippen molar-refractivity contribution in [2.45, 2.75) is 20.8 Å². The zero-order valence-corrected chi connectivity index (χ0v) is 15.5. The number of rotatable bonds is 6. The molecule has 0 atom stereocenters. The number of aryl methyl sites for hydroxylation is 2. The molecule has 4 nitrogen and oxygen atoms in total. The average Bonchev–Trinajstić information content (AvgIpc) is 2.52. The molecule has 6 heteroatoms. The van der Waals surface area contributed by atoms with Crippen molar-refractivity contribution in [3.05, 3.63) is 51.7 Å². The summed E-state index contributed by atoms with van der Waals surface area (Å²) in [6, 6.07) is 8.49. The van der Waals surface area contributed by atoms with Gasteiger partial charge in [-0.25, -0.2) is 4.39 Å². The molecule has 1 amide bonds. The number of halogens is 2. The first kappa shape index (κ1) is 18.3. The summed E-state index contributed by atoms with van der Waals surface area (Å²) in [5.74, 6) is -0.146. The van der Waals surface area contributed by atoms with Crippen LogP contribution in [0.5, 0.6) is 5.75 Å². The van der Waals surface area contributed by atoms with Gasteiger partial charge in [-0.1, -0.05) is 12.1 Å². The Labute approximate surface area is 149 Å². The van der Waals surface area contributed by atoms with Gasteiger partial charge in [-0.15, -0.1) is 0 Å². The van der Waals surface area contributed by atoms with Crippen LogP contribution in [0.25, 0.3) is 0 Å². The molecule has 0 saturated heterocycles. The SMILES string of the molecule is CCOc1c(Br)cc(F)cc1NCC(=O)Nc1cc(C)ccc1C. The lowest BCUT2D eigenvalue weighted by molar-refractivity contribution is -0.114. The summed E-state index contributed by atoms with van der Waals surface area (Å²) in [6.45, 7) is 6.18. The molecule has 128 valence electrons. The summed E-state index contributed by atoms with van der Waals surface area (Å²) in [5, 5.41) is 5.78. The Morgan fingerprint density at radius 1 is 1.21 bits per heavy atom. The van der Waals surface area contributed by atoms with Crippen molar-refractivity contribution in [1.29, 1.82) is 0 Å². The predicted molar refractivity (Wildman–Crippen MR) is 98.3 cm³/mol. The summed E-state index contributed by atoms with van der Waals surface area (Å²) in [7, 11) is 0. The van der Waals surface area contributed by atoms with E-state index in [1.54, 1.807) is 0 Å². The highest BCUT2D eigenvalue weighted by Crippen LogP contribution is 2.34. The molecule has 0 bridgehead atoms. The first-order valence-electron chi connectivity index (χ1n) is 7.63. The minimum absolute atomic E-state index is 0.00332. The highest BCUT2D eigenvalue weighted by Gasteiger charge is 2.12. The number of ether oxygens (including phenoxy) is 1. The lowest BCUT2D eigenvalue weighted by Gasteiger charge is -2.15. The minimum Gasteiger partial charge on any atom is -0.491 e. The van der Waals surface area contributed by atoms with Gasteiger partial charge in [0, 0.05) is 11.8 Å². The van der Waals surface area contributed by atoms with Gasteiger partial charge in [0.05, 0.1) is 23.3 Å². The van der Waals surface area contributed by atoms with E-state index in [2.05, 4.69) is 26.6 Å². The molecule has 2 rings (SSSR count). The van der Waals surface area contributed by atoms with E-state index in [9.17, 15) is 9.18 Å². The van der Waals surface area contributed by atoms with Crippen molar-refractivity contribution >= 4 is 33.2 Å². The lowest BCUT2D eigenvalue weighted by atomic mass is 10.1. The molecular weight excluding hydrogens is 375 g/mol. The summed E-state index contributed by atoms with van der Waals surface area (Å²) >= 11 is 3.27. The van der Waals surface area contributed by atoms with Crippen LogP contribution in [0.4, 0.5) is 15.8 Å². The van der Waals surface area contributed by atoms with Crippen LogP contribution < -0.4 is 15.4 Å². The van der Waals surface area contributed by atoms with E-state index in [0.29, 0.717) is 22.5 Å². The smallest absolute Gasteiger partial charge is 0.243 e. The fourth-order valence-electron chi connectivity index (χ4n) is 2.22. The van der Waals surface area contributed by atoms with E-state index in [0.717, 1.165) is 16.8 Å². The van der Waals surface area contributed by atoms with Crippen molar-refractivity contribution in [1.82, 2.24) is 0 Å². The molecule has 0 fully saturated rings. The maximum Gasteiger partial charge on any atom is 0.243 e. The van der Waals surface area contributed by atoms with Crippen LogP contribution in [-0.4, -0.2) is 19.1 Å². The van der Waals surface area contributed by atoms with Gasteiger partial charge in [-0.3, -0.25) is 4.79 Å². The largest absolute Gasteiger partial charge is 0.491 e. The minimum atomic E-state index is -0.414. The topological polar surface area (TPSA) is 50.4 Å². The van der Waals surface area contributed by atoms with Gasteiger partial charge < -0.3 is 15.4 Å². The van der Waals surface area contributed by atoms with Crippen molar-refractivity contribution in [3.63, 3.8) is 0 Å². The van der Waals surface area contributed by atoms with Gasteiger partial charge in [0.15, 0.2) is 5.75 Å². The molecule has 0 aliphatic rings. The zero-order valence-electron chi connectivity index (χ0n) is 13.9. The summed E-state index contributed by atoms with van der Waals surface area (Å²) in [5.41, 5.74) is 3.25. The Kier molecular flexibility index (Phi) is 6.20. The molecule has 0 unspecified atom stereocenters. The monoisotopic (exact) mass is 394 g/mol. The van der Waals surface area contributed by atoms with Gasteiger partial charge in [0.25, 0.3) is 0 Å². The Bertz CT molecular complexity index is 750. The molecule has 2 aromatic carbocycles. The molecular formula is C18H20BrFN2O2. The first-order chi connectivity index (χ1) is 11.4. The zero-order chi connectivity index (χ0) is 17.7. The Balaban J connectivity index is 2.07. The van der Waals surface area contributed by atoms with Crippen LogP contribution in [0, 0.1) is 19.7 Å². The molecule has 0 saturated carbocycles. The van der Waals surface area contributed by atoms with Crippen molar-refractivity contribution in [2.75, 3.05) is 23.8 Å². The number of carbonyl (C=O) groups is 1. The standard InChI is InChI=1S/C18H20BrFN2O2/c1-4-24-18-14(19)8-13(20)9-16(18)21-10-17(23)22-15-7-11(2)5-6-12(15)3/h5-9,21H,4,10H2,1-3H3,(H,22,23). The van der Waals surface area contributed by atoms with E-state index in [-0.39, 0.29) is 12.5 Å². The quantitative estimate of drug-likeness (QED) is 0.749. The van der Waals surface area contributed by atoms with Crippen molar-refractivity contribution in [2.24, 2.45) is 0 Å². The molecule has 24 heavy (non-hydrogen) atoms. The Hall–Kier alpha value is -2.08. The first-order valence-corrected chi connectivity index (χ1v) is 8.42. The second-order valence-electron chi connectivity index (χ2n) is 5.42. The second kappa shape index (κ2) is 8.15. The Morgan fingerprint density at radius 2 is 1.96 bits per heavy atom. The highest BCUT2D eigenvalue weighted by molar-refractivity contribution is 9.10. The number of hydrogen-bond donors (Lipinski definition) is 2. The number of hydrogen-bond acceptors (Lipinski definition) is 3. The van der Waals surface area contributed by atoms with Gasteiger partial charge in [0.1, 0.15) is 5.82 Å². The maximum atomic E-state index is 13.6. The molecule has 2 aromatic rings. The number of amides is 1. The van der Waals surface area contributed by atoms with Crippen LogP contribution in [0.15, 0.2) is 34.8 Å². The van der Waals surface area contributed by atoms with Crippen molar-refractivity contribution < 1.29 is 13.9 Å². The average molecular weight is 395 g/mol. The number of nitrogens with one attached hydrogen (secondary N) is 2. The predicted octanol–water partition coefficient (Wildman–Crippen LogP) is 4.65. The molecule has 0 radical (unpaired) electrons. The van der Waals surface area contributed by atoms with Crippen LogP contribution in [0.3, 0.4) is 0 Å². The molecule has 2 N–H and O–H groups in total. The molecule has 0 heterocycles. The lowest BCUT2D eigenvalue weighted by Crippen LogP contribution is -2.22. The van der Waals surface area contributed by atoms with Crippen LogP contribution >= 0.6 is 15.9 Å². The normalized spacial score (nSPS) is 10.4. The molecule has 0 aliphatic heterocycles. The summed E-state index contributed by atoms with van der Waals surface area (Å²) in [6.07, 6.45) is 0. The van der Waals surface area contributed by atoms with Gasteiger partial charge in [-0.2, -0.15) is 0 Å². The third kappa shape index (κ3) is 4.71. The highest BCUT2D eigenvalue weighted by atomic mass is 79.9. The van der Waals surface area contributed by atoms with E-state index < -0.39 is 5.82 Å². The fraction of sp³-hybridized carbons (Fsp3) is 0.278. The Morgan fingerprint density at radius 3 is 2.67 bits per heavy atom. The van der Waals surface area contributed by atoms with Crippen LogP contribution in [-0.2, 0) is 4.79 Å². The number of anilines is 2. The third-order valence-electron chi connectivity index (χ3n) is 3.40. The van der Waals surface area contributed by atoms with E-state index in [4.69, 9.17) is 4.74 Å². The molecule has 0 spiro atoms. The third-order valence-corrected chi connectivity index (χ3v) is 3.99. The fourth-order valence-corrected chi connectivity index (χ4v) is 2.77. The summed E-state index contributed by atoms with van der Waals surface area (Å²) in [4.78, 5) is 12.2. The van der Waals surface area contributed by atoms with Gasteiger partial charge in [-0.05, 0) is 60.0 Å². The van der Waals surface area contributed by atoms with E-state index >= 15 is 0 Å². The van der Waals surface area contributed by atoms with Crippen LogP contribution in [0.1, 0.15) is 18.1 Å². The van der Waals surface area contributed by atoms with Crippen molar-refractivity contribution in [3.8, 4) is 5.75 Å². The van der Waals surface area contributed by atoms with Crippen LogP contribution in [0.2, 0.25) is 0 Å². The van der Waals surface area contributed by atoms with E-state index in [1.165, 1.54) is 12.1 Å². The number of benzene rings is 2. The molecule has 0 aromatic heterocycles.